The second kappa shape index (κ2) is 7.88. The molecule has 2 N–H and O–H groups in total. The molecule has 1 saturated carbocycles. The van der Waals surface area contributed by atoms with E-state index in [1.54, 1.807) is 7.11 Å². The zero-order valence-electron chi connectivity index (χ0n) is 16.5. The first-order valence-corrected chi connectivity index (χ1v) is 9.28. The van der Waals surface area contributed by atoms with Gasteiger partial charge in [-0.2, -0.15) is 0 Å². The van der Waals surface area contributed by atoms with Crippen LogP contribution in [0.3, 0.4) is 0 Å². The minimum Gasteiger partial charge on any atom is -0.497 e. The molecular weight excluding hydrogens is 358 g/mol. The molecule has 2 aromatic rings. The number of rotatable bonds is 6. The zero-order chi connectivity index (χ0) is 20.4. The summed E-state index contributed by atoms with van der Waals surface area (Å²) in [5.41, 5.74) is 0.601. The molecule has 7 nitrogen and oxygen atoms in total. The molecule has 0 unspecified atom stereocenters. The van der Waals surface area contributed by atoms with Crippen LogP contribution in [0.15, 0.2) is 41.3 Å². The average Bonchev–Trinajstić information content (AvgIpc) is 3.41. The molecule has 0 spiro atoms. The number of carbonyl (C=O) groups is 2. The summed E-state index contributed by atoms with van der Waals surface area (Å²) in [6.45, 7) is 3.90. The molecule has 7 heteroatoms. The summed E-state index contributed by atoms with van der Waals surface area (Å²) in [7, 11) is 3.03. The fourth-order valence-electron chi connectivity index (χ4n) is 3.15. The Morgan fingerprint density at radius 2 is 1.96 bits per heavy atom. The van der Waals surface area contributed by atoms with Crippen LogP contribution in [0, 0.1) is 5.92 Å². The number of aromatic nitrogens is 1. The maximum Gasteiger partial charge on any atom is 0.264 e. The quantitative estimate of drug-likeness (QED) is 0.798. The van der Waals surface area contributed by atoms with Gasteiger partial charge in [0.25, 0.3) is 17.4 Å². The minimum atomic E-state index is -0.522. The lowest BCUT2D eigenvalue weighted by Gasteiger charge is -2.19. The van der Waals surface area contributed by atoms with Crippen LogP contribution in [-0.2, 0) is 0 Å². The highest BCUT2D eigenvalue weighted by molar-refractivity contribution is 5.99. The van der Waals surface area contributed by atoms with Gasteiger partial charge in [0.1, 0.15) is 11.3 Å². The van der Waals surface area contributed by atoms with Crippen molar-refractivity contribution in [3.05, 3.63) is 63.6 Å². The van der Waals surface area contributed by atoms with Gasteiger partial charge in [-0.15, -0.1) is 0 Å². The third-order valence-corrected chi connectivity index (χ3v) is 5.20. The monoisotopic (exact) mass is 383 g/mol. The number of pyridine rings is 1. The predicted octanol–water partition coefficient (Wildman–Crippen LogP) is 1.96. The van der Waals surface area contributed by atoms with Crippen LogP contribution in [0.2, 0.25) is 0 Å². The molecule has 2 amide bonds. The van der Waals surface area contributed by atoms with E-state index in [1.165, 1.54) is 23.9 Å². The van der Waals surface area contributed by atoms with Gasteiger partial charge in [0.05, 0.1) is 18.7 Å². The Hall–Kier alpha value is -3.09. The Bertz CT molecular complexity index is 966. The predicted molar refractivity (Wildman–Crippen MR) is 106 cm³/mol. The molecule has 1 aromatic heterocycles. The molecule has 1 heterocycles. The molecule has 28 heavy (non-hydrogen) atoms. The summed E-state index contributed by atoms with van der Waals surface area (Å²) < 4.78 is 6.68. The van der Waals surface area contributed by atoms with E-state index < -0.39 is 17.5 Å². The maximum absolute atomic E-state index is 12.9. The van der Waals surface area contributed by atoms with E-state index >= 15 is 0 Å². The van der Waals surface area contributed by atoms with E-state index in [9.17, 15) is 14.4 Å². The van der Waals surface area contributed by atoms with E-state index in [1.807, 2.05) is 31.2 Å². The first-order chi connectivity index (χ1) is 13.3. The van der Waals surface area contributed by atoms with Gasteiger partial charge in [0, 0.05) is 19.3 Å². The summed E-state index contributed by atoms with van der Waals surface area (Å²) in [5.74, 6) is 0.307. The number of hydrogen-bond donors (Lipinski definition) is 2. The van der Waals surface area contributed by atoms with Gasteiger partial charge >= 0.3 is 0 Å². The highest BCUT2D eigenvalue weighted by Gasteiger charge is 2.34. The second-order valence-corrected chi connectivity index (χ2v) is 7.18. The SMILES string of the molecule is CNC(=O)c1cc(C(=O)N[C@H]2C[C@@H]2C)cn([C@H](C)c2cccc(OC)c2)c1=O. The highest BCUT2D eigenvalue weighted by Crippen LogP contribution is 2.29. The fraction of sp³-hybridized carbons (Fsp3) is 0.381. The van der Waals surface area contributed by atoms with Crippen LogP contribution in [0.1, 0.15) is 52.6 Å². The molecule has 148 valence electrons. The van der Waals surface area contributed by atoms with Crippen LogP contribution < -0.4 is 20.9 Å². The molecular formula is C21H25N3O4. The molecule has 3 atom stereocenters. The van der Waals surface area contributed by atoms with Gasteiger partial charge in [-0.3, -0.25) is 14.4 Å². The summed E-state index contributed by atoms with van der Waals surface area (Å²) >= 11 is 0. The van der Waals surface area contributed by atoms with E-state index in [-0.39, 0.29) is 23.1 Å². The van der Waals surface area contributed by atoms with Gasteiger partial charge in [-0.1, -0.05) is 19.1 Å². The summed E-state index contributed by atoms with van der Waals surface area (Å²) in [6, 6.07) is 8.47. The van der Waals surface area contributed by atoms with Crippen LogP contribution in [0.4, 0.5) is 0 Å². The molecule has 0 saturated heterocycles. The maximum atomic E-state index is 12.9. The van der Waals surface area contributed by atoms with Gasteiger partial charge < -0.3 is 19.9 Å². The van der Waals surface area contributed by atoms with Crippen molar-refractivity contribution in [1.29, 1.82) is 0 Å². The summed E-state index contributed by atoms with van der Waals surface area (Å²) in [6.07, 6.45) is 2.45. The van der Waals surface area contributed by atoms with E-state index in [0.29, 0.717) is 11.7 Å². The lowest BCUT2D eigenvalue weighted by Crippen LogP contribution is -2.35. The third-order valence-electron chi connectivity index (χ3n) is 5.20. The van der Waals surface area contributed by atoms with Crippen molar-refractivity contribution in [2.24, 2.45) is 5.92 Å². The Balaban J connectivity index is 2.05. The minimum absolute atomic E-state index is 0.0614. The smallest absolute Gasteiger partial charge is 0.264 e. The Labute approximate surface area is 163 Å². The van der Waals surface area contributed by atoms with E-state index in [2.05, 4.69) is 17.6 Å². The normalized spacial score (nSPS) is 18.9. The Morgan fingerprint density at radius 1 is 1.25 bits per heavy atom. The van der Waals surface area contributed by atoms with Crippen LogP contribution in [0.5, 0.6) is 5.75 Å². The van der Waals surface area contributed by atoms with Gasteiger partial charge in [-0.05, 0) is 43.0 Å². The number of hydrogen-bond acceptors (Lipinski definition) is 4. The largest absolute Gasteiger partial charge is 0.497 e. The lowest BCUT2D eigenvalue weighted by atomic mass is 10.1. The molecule has 0 aliphatic heterocycles. The van der Waals surface area contributed by atoms with Crippen molar-refractivity contribution < 1.29 is 14.3 Å². The summed E-state index contributed by atoms with van der Waals surface area (Å²) in [5, 5.41) is 5.41. The second-order valence-electron chi connectivity index (χ2n) is 7.18. The number of carbonyl (C=O) groups excluding carboxylic acids is 2. The number of nitrogens with one attached hydrogen (secondary N) is 2. The van der Waals surface area contributed by atoms with Crippen LogP contribution in [-0.4, -0.2) is 36.6 Å². The Kier molecular flexibility index (Phi) is 5.53. The third kappa shape index (κ3) is 3.93. The standard InChI is InChI=1S/C21H25N3O4/c1-12-8-18(12)23-19(25)15-10-17(20(26)22-3)21(27)24(11-15)13(2)14-6-5-7-16(9-14)28-4/h5-7,9-13,18H,8H2,1-4H3,(H,22,26)(H,23,25)/t12-,13+,18-/m0/s1. The average molecular weight is 383 g/mol. The first-order valence-electron chi connectivity index (χ1n) is 9.28. The topological polar surface area (TPSA) is 89.4 Å². The lowest BCUT2D eigenvalue weighted by molar-refractivity contribution is 0.0948. The van der Waals surface area contributed by atoms with Crippen molar-refractivity contribution in [3.63, 3.8) is 0 Å². The van der Waals surface area contributed by atoms with Crippen molar-refractivity contribution in [3.8, 4) is 5.75 Å². The highest BCUT2D eigenvalue weighted by atomic mass is 16.5. The molecule has 3 rings (SSSR count). The number of methoxy groups -OCH3 is 1. The van der Waals surface area contributed by atoms with Crippen molar-refractivity contribution in [1.82, 2.24) is 15.2 Å². The number of nitrogens with zero attached hydrogens (tertiary/aromatic N) is 1. The molecule has 1 fully saturated rings. The molecule has 0 bridgehead atoms. The van der Waals surface area contributed by atoms with Crippen molar-refractivity contribution in [2.45, 2.75) is 32.4 Å². The first kappa shape index (κ1) is 19.7. The van der Waals surface area contributed by atoms with Gasteiger partial charge in [0.15, 0.2) is 0 Å². The Morgan fingerprint density at radius 3 is 2.57 bits per heavy atom. The van der Waals surface area contributed by atoms with Crippen LogP contribution in [0.25, 0.3) is 0 Å². The van der Waals surface area contributed by atoms with Gasteiger partial charge in [-0.25, -0.2) is 0 Å². The number of ether oxygens (including phenoxy) is 1. The number of benzene rings is 1. The van der Waals surface area contributed by atoms with Gasteiger partial charge in [0.2, 0.25) is 0 Å². The van der Waals surface area contributed by atoms with Crippen molar-refractivity contribution in [2.75, 3.05) is 14.2 Å². The van der Waals surface area contributed by atoms with E-state index in [4.69, 9.17) is 4.74 Å². The fourth-order valence-corrected chi connectivity index (χ4v) is 3.15. The zero-order valence-corrected chi connectivity index (χ0v) is 16.5. The molecule has 1 aromatic carbocycles. The van der Waals surface area contributed by atoms with E-state index in [0.717, 1.165) is 12.0 Å². The molecule has 0 radical (unpaired) electrons. The molecule has 1 aliphatic rings. The molecule has 1 aliphatic carbocycles. The van der Waals surface area contributed by atoms with Crippen LogP contribution >= 0.6 is 0 Å². The summed E-state index contributed by atoms with van der Waals surface area (Å²) in [4.78, 5) is 37.8. The van der Waals surface area contributed by atoms with Crippen molar-refractivity contribution >= 4 is 11.8 Å². The number of amides is 2.